The van der Waals surface area contributed by atoms with Crippen LogP contribution in [0, 0.1) is 5.92 Å². The summed E-state index contributed by atoms with van der Waals surface area (Å²) in [5.41, 5.74) is 0. The van der Waals surface area contributed by atoms with E-state index in [2.05, 4.69) is 31.2 Å². The summed E-state index contributed by atoms with van der Waals surface area (Å²) in [4.78, 5) is 2.50. The van der Waals surface area contributed by atoms with Crippen molar-refractivity contribution < 1.29 is 0 Å². The summed E-state index contributed by atoms with van der Waals surface area (Å²) in [6.45, 7) is 4.81. The first kappa shape index (κ1) is 12.0. The van der Waals surface area contributed by atoms with E-state index < -0.39 is 0 Å². The van der Waals surface area contributed by atoms with Crippen molar-refractivity contribution in [1.82, 2.24) is 10.2 Å². The number of hydrogen-bond donors (Lipinski definition) is 1. The van der Waals surface area contributed by atoms with Crippen molar-refractivity contribution in [3.8, 4) is 0 Å². The van der Waals surface area contributed by atoms with E-state index in [9.17, 15) is 0 Å². The second-order valence-electron chi connectivity index (χ2n) is 4.70. The van der Waals surface area contributed by atoms with Crippen molar-refractivity contribution in [3.63, 3.8) is 0 Å². The highest BCUT2D eigenvalue weighted by molar-refractivity contribution is 4.83. The van der Waals surface area contributed by atoms with E-state index in [0.717, 1.165) is 12.0 Å². The van der Waals surface area contributed by atoms with Crippen LogP contribution in [0.4, 0.5) is 0 Å². The fraction of sp³-hybridized carbons (Fsp3) is 1.00. The Morgan fingerprint density at radius 2 is 2.14 bits per heavy atom. The standard InChI is InChI=1S/C12H26N2/c1-4-5-9-14(3)10-11-7-6-8-12(11)13-2/h11-13H,4-10H2,1-3H3. The molecule has 14 heavy (non-hydrogen) atoms. The van der Waals surface area contributed by atoms with Gasteiger partial charge in [-0.2, -0.15) is 0 Å². The molecule has 2 nitrogen and oxygen atoms in total. The fourth-order valence-electron chi connectivity index (χ4n) is 2.56. The molecule has 0 saturated heterocycles. The monoisotopic (exact) mass is 198 g/mol. The topological polar surface area (TPSA) is 15.3 Å². The number of unbranched alkanes of at least 4 members (excludes halogenated alkanes) is 1. The van der Waals surface area contributed by atoms with Crippen LogP contribution in [0.1, 0.15) is 39.0 Å². The van der Waals surface area contributed by atoms with Gasteiger partial charge in [0.15, 0.2) is 0 Å². The fourth-order valence-corrected chi connectivity index (χ4v) is 2.56. The molecule has 2 atom stereocenters. The van der Waals surface area contributed by atoms with Crippen molar-refractivity contribution in [3.05, 3.63) is 0 Å². The zero-order valence-electron chi connectivity index (χ0n) is 10.1. The molecule has 0 aromatic carbocycles. The first-order valence-electron chi connectivity index (χ1n) is 6.13. The van der Waals surface area contributed by atoms with Crippen LogP contribution in [0.5, 0.6) is 0 Å². The van der Waals surface area contributed by atoms with Gasteiger partial charge in [0.25, 0.3) is 0 Å². The van der Waals surface area contributed by atoms with E-state index in [1.165, 1.54) is 45.2 Å². The van der Waals surface area contributed by atoms with E-state index >= 15 is 0 Å². The van der Waals surface area contributed by atoms with Crippen LogP contribution in [0.2, 0.25) is 0 Å². The average molecular weight is 198 g/mol. The first-order chi connectivity index (χ1) is 6.77. The summed E-state index contributed by atoms with van der Waals surface area (Å²) in [5.74, 6) is 0.891. The summed E-state index contributed by atoms with van der Waals surface area (Å²) >= 11 is 0. The van der Waals surface area contributed by atoms with Gasteiger partial charge in [-0.1, -0.05) is 19.8 Å². The first-order valence-corrected chi connectivity index (χ1v) is 6.13. The van der Waals surface area contributed by atoms with Crippen molar-refractivity contribution >= 4 is 0 Å². The lowest BCUT2D eigenvalue weighted by molar-refractivity contribution is 0.252. The highest BCUT2D eigenvalue weighted by Gasteiger charge is 2.26. The van der Waals surface area contributed by atoms with Gasteiger partial charge in [0, 0.05) is 12.6 Å². The van der Waals surface area contributed by atoms with Crippen molar-refractivity contribution in [2.75, 3.05) is 27.2 Å². The van der Waals surface area contributed by atoms with Crippen molar-refractivity contribution in [2.45, 2.75) is 45.1 Å². The molecule has 0 aromatic rings. The molecule has 0 bridgehead atoms. The van der Waals surface area contributed by atoms with Gasteiger partial charge < -0.3 is 10.2 Å². The van der Waals surface area contributed by atoms with Crippen LogP contribution in [-0.2, 0) is 0 Å². The Bertz CT molecular complexity index is 147. The lowest BCUT2D eigenvalue weighted by atomic mass is 10.0. The zero-order chi connectivity index (χ0) is 10.4. The molecule has 1 aliphatic rings. The highest BCUT2D eigenvalue weighted by Crippen LogP contribution is 2.25. The highest BCUT2D eigenvalue weighted by atomic mass is 15.1. The number of nitrogens with one attached hydrogen (secondary N) is 1. The molecule has 2 unspecified atom stereocenters. The van der Waals surface area contributed by atoms with Gasteiger partial charge >= 0.3 is 0 Å². The molecule has 0 radical (unpaired) electrons. The maximum Gasteiger partial charge on any atom is 0.0104 e. The van der Waals surface area contributed by atoms with E-state index in [4.69, 9.17) is 0 Å². The van der Waals surface area contributed by atoms with E-state index in [0.29, 0.717) is 0 Å². The molecule has 0 heterocycles. The SMILES string of the molecule is CCCCN(C)CC1CCCC1NC. The molecule has 1 fully saturated rings. The minimum atomic E-state index is 0.777. The minimum Gasteiger partial charge on any atom is -0.317 e. The summed E-state index contributed by atoms with van der Waals surface area (Å²) in [6, 6.07) is 0.777. The van der Waals surface area contributed by atoms with E-state index in [1.54, 1.807) is 0 Å². The second kappa shape index (κ2) is 6.41. The predicted octanol–water partition coefficient (Wildman–Crippen LogP) is 2.11. The van der Waals surface area contributed by atoms with Crippen LogP contribution >= 0.6 is 0 Å². The Kier molecular flexibility index (Phi) is 5.49. The lowest BCUT2D eigenvalue weighted by Crippen LogP contribution is -2.36. The molecule has 1 aliphatic carbocycles. The number of rotatable bonds is 6. The molecule has 0 amide bonds. The summed E-state index contributed by atoms with van der Waals surface area (Å²) < 4.78 is 0. The molecule has 2 heteroatoms. The Balaban J connectivity index is 2.21. The van der Waals surface area contributed by atoms with E-state index in [-0.39, 0.29) is 0 Å². The molecular formula is C12H26N2. The van der Waals surface area contributed by atoms with Crippen LogP contribution in [-0.4, -0.2) is 38.1 Å². The average Bonchev–Trinajstić information content (AvgIpc) is 2.62. The Morgan fingerprint density at radius 3 is 2.79 bits per heavy atom. The minimum absolute atomic E-state index is 0.777. The third-order valence-electron chi connectivity index (χ3n) is 3.47. The Morgan fingerprint density at radius 1 is 1.36 bits per heavy atom. The molecule has 84 valence electrons. The van der Waals surface area contributed by atoms with Gasteiger partial charge in [-0.25, -0.2) is 0 Å². The Labute approximate surface area is 89.1 Å². The maximum absolute atomic E-state index is 3.45. The van der Waals surface area contributed by atoms with Crippen LogP contribution < -0.4 is 5.32 Å². The third-order valence-corrected chi connectivity index (χ3v) is 3.47. The molecule has 1 saturated carbocycles. The molecule has 0 aliphatic heterocycles. The van der Waals surface area contributed by atoms with E-state index in [1.807, 2.05) is 0 Å². The van der Waals surface area contributed by atoms with Crippen LogP contribution in [0.25, 0.3) is 0 Å². The summed E-state index contributed by atoms with van der Waals surface area (Å²) in [7, 11) is 4.37. The third kappa shape index (κ3) is 3.58. The molecular weight excluding hydrogens is 172 g/mol. The van der Waals surface area contributed by atoms with Gasteiger partial charge in [-0.05, 0) is 45.8 Å². The lowest BCUT2D eigenvalue weighted by Gasteiger charge is -2.25. The summed E-state index contributed by atoms with van der Waals surface area (Å²) in [6.07, 6.45) is 6.86. The molecule has 0 aromatic heterocycles. The quantitative estimate of drug-likeness (QED) is 0.703. The number of nitrogens with zero attached hydrogens (tertiary/aromatic N) is 1. The Hall–Kier alpha value is -0.0800. The van der Waals surface area contributed by atoms with Gasteiger partial charge in [-0.3, -0.25) is 0 Å². The molecule has 1 rings (SSSR count). The zero-order valence-corrected chi connectivity index (χ0v) is 10.1. The number of hydrogen-bond acceptors (Lipinski definition) is 2. The van der Waals surface area contributed by atoms with Gasteiger partial charge in [0.2, 0.25) is 0 Å². The van der Waals surface area contributed by atoms with Gasteiger partial charge in [0.1, 0.15) is 0 Å². The molecule has 0 spiro atoms. The van der Waals surface area contributed by atoms with Gasteiger partial charge in [-0.15, -0.1) is 0 Å². The second-order valence-corrected chi connectivity index (χ2v) is 4.70. The largest absolute Gasteiger partial charge is 0.317 e. The predicted molar refractivity (Wildman–Crippen MR) is 62.6 cm³/mol. The van der Waals surface area contributed by atoms with Crippen LogP contribution in [0.3, 0.4) is 0 Å². The van der Waals surface area contributed by atoms with Gasteiger partial charge in [0.05, 0.1) is 0 Å². The smallest absolute Gasteiger partial charge is 0.0104 e. The van der Waals surface area contributed by atoms with Crippen molar-refractivity contribution in [1.29, 1.82) is 0 Å². The molecule has 1 N–H and O–H groups in total. The summed E-state index contributed by atoms with van der Waals surface area (Å²) in [5, 5.41) is 3.45. The van der Waals surface area contributed by atoms with Crippen molar-refractivity contribution in [2.24, 2.45) is 5.92 Å². The normalized spacial score (nSPS) is 27.4. The maximum atomic E-state index is 3.45. The van der Waals surface area contributed by atoms with Crippen LogP contribution in [0.15, 0.2) is 0 Å².